The van der Waals surface area contributed by atoms with Crippen molar-refractivity contribution in [1.29, 1.82) is 0 Å². The zero-order valence-electron chi connectivity index (χ0n) is 21.3. The average Bonchev–Trinajstić information content (AvgIpc) is 2.86. The van der Waals surface area contributed by atoms with Gasteiger partial charge in [0.25, 0.3) is 5.91 Å². The van der Waals surface area contributed by atoms with Crippen LogP contribution in [0.5, 0.6) is 5.88 Å². The van der Waals surface area contributed by atoms with Crippen LogP contribution in [-0.4, -0.2) is 108 Å². The zero-order chi connectivity index (χ0) is 25.4. The topological polar surface area (TPSA) is 95.4 Å². The SMILES string of the molecule is CCCC#Cc1cnc2c(c1)C(=O)N([C@H](C)CO)C[C@H](C)[C@@H](CN(C)C(=O)CN1CCOCC1)O2. The van der Waals surface area contributed by atoms with E-state index >= 15 is 0 Å². The summed E-state index contributed by atoms with van der Waals surface area (Å²) >= 11 is 0. The summed E-state index contributed by atoms with van der Waals surface area (Å²) in [6.07, 6.45) is 2.95. The molecule has 1 aromatic rings. The average molecular weight is 487 g/mol. The van der Waals surface area contributed by atoms with Crippen molar-refractivity contribution in [3.63, 3.8) is 0 Å². The maximum atomic E-state index is 13.4. The van der Waals surface area contributed by atoms with E-state index in [0.717, 1.165) is 25.9 Å². The van der Waals surface area contributed by atoms with E-state index < -0.39 is 0 Å². The molecular formula is C26H38N4O5. The minimum Gasteiger partial charge on any atom is -0.472 e. The van der Waals surface area contributed by atoms with E-state index in [9.17, 15) is 14.7 Å². The van der Waals surface area contributed by atoms with Crippen LogP contribution >= 0.6 is 0 Å². The Balaban J connectivity index is 1.83. The molecule has 3 heterocycles. The van der Waals surface area contributed by atoms with Gasteiger partial charge in [-0.15, -0.1) is 0 Å². The summed E-state index contributed by atoms with van der Waals surface area (Å²) in [7, 11) is 1.78. The summed E-state index contributed by atoms with van der Waals surface area (Å²) in [6.45, 7) is 9.56. The molecule has 3 rings (SSSR count). The van der Waals surface area contributed by atoms with Crippen molar-refractivity contribution in [3.05, 3.63) is 23.4 Å². The Labute approximate surface area is 208 Å². The Bertz CT molecular complexity index is 937. The van der Waals surface area contributed by atoms with Crippen molar-refractivity contribution in [2.45, 2.75) is 45.8 Å². The number of aromatic nitrogens is 1. The molecule has 1 aromatic heterocycles. The third-order valence-corrected chi connectivity index (χ3v) is 6.47. The molecule has 35 heavy (non-hydrogen) atoms. The number of hydrogen-bond donors (Lipinski definition) is 1. The third-order valence-electron chi connectivity index (χ3n) is 6.47. The maximum absolute atomic E-state index is 13.4. The molecule has 0 aromatic carbocycles. The molecule has 0 bridgehead atoms. The van der Waals surface area contributed by atoms with Crippen LogP contribution in [0.3, 0.4) is 0 Å². The summed E-state index contributed by atoms with van der Waals surface area (Å²) in [5.74, 6) is 6.05. The molecule has 192 valence electrons. The van der Waals surface area contributed by atoms with E-state index in [2.05, 4.69) is 28.6 Å². The number of carbonyl (C=O) groups excluding carboxylic acids is 2. The second kappa shape index (κ2) is 12.9. The number of likely N-dealkylation sites (N-methyl/N-ethyl adjacent to an activating group) is 1. The Morgan fingerprint density at radius 3 is 2.80 bits per heavy atom. The van der Waals surface area contributed by atoms with E-state index in [1.807, 2.05) is 13.8 Å². The molecule has 1 fully saturated rings. The van der Waals surface area contributed by atoms with Crippen LogP contribution in [-0.2, 0) is 9.53 Å². The quantitative estimate of drug-likeness (QED) is 0.580. The Morgan fingerprint density at radius 1 is 1.37 bits per heavy atom. The van der Waals surface area contributed by atoms with Gasteiger partial charge < -0.3 is 24.4 Å². The standard InChI is InChI=1S/C26H38N4O5/c1-5-6-7-8-21-13-22-25(27-14-21)35-23(19(2)15-30(26(22)33)20(3)18-31)16-28(4)24(32)17-29-9-11-34-12-10-29/h13-14,19-20,23,31H,5-6,9-12,15-18H2,1-4H3/t19-,20+,23+/m0/s1. The highest BCUT2D eigenvalue weighted by molar-refractivity contribution is 5.97. The number of morpholine rings is 1. The number of hydrogen-bond acceptors (Lipinski definition) is 7. The summed E-state index contributed by atoms with van der Waals surface area (Å²) in [4.78, 5) is 36.2. The van der Waals surface area contributed by atoms with Crippen LogP contribution in [0.1, 0.15) is 49.5 Å². The molecule has 0 saturated carbocycles. The predicted octanol–water partition coefficient (Wildman–Crippen LogP) is 1.24. The van der Waals surface area contributed by atoms with Crippen molar-refractivity contribution in [3.8, 4) is 17.7 Å². The lowest BCUT2D eigenvalue weighted by Crippen LogP contribution is -2.51. The van der Waals surface area contributed by atoms with Gasteiger partial charge >= 0.3 is 0 Å². The van der Waals surface area contributed by atoms with E-state index in [1.54, 1.807) is 29.1 Å². The highest BCUT2D eigenvalue weighted by Crippen LogP contribution is 2.27. The van der Waals surface area contributed by atoms with Gasteiger partial charge in [0, 0.05) is 50.8 Å². The highest BCUT2D eigenvalue weighted by atomic mass is 16.5. The van der Waals surface area contributed by atoms with E-state index in [1.165, 1.54) is 0 Å². The van der Waals surface area contributed by atoms with Gasteiger partial charge in [0.15, 0.2) is 0 Å². The fourth-order valence-corrected chi connectivity index (χ4v) is 4.12. The molecule has 9 nitrogen and oxygen atoms in total. The number of carbonyl (C=O) groups is 2. The van der Waals surface area contributed by atoms with Crippen LogP contribution in [0, 0.1) is 17.8 Å². The number of fused-ring (bicyclic) bond motifs is 1. The Kier molecular flexibility index (Phi) is 9.90. The lowest BCUT2D eigenvalue weighted by Gasteiger charge is -2.38. The fraction of sp³-hybridized carbons (Fsp3) is 0.654. The molecule has 9 heteroatoms. The first-order valence-corrected chi connectivity index (χ1v) is 12.5. The first-order chi connectivity index (χ1) is 16.8. The zero-order valence-corrected chi connectivity index (χ0v) is 21.3. The van der Waals surface area contributed by atoms with Gasteiger partial charge in [0.2, 0.25) is 11.8 Å². The van der Waals surface area contributed by atoms with Crippen molar-refractivity contribution >= 4 is 11.8 Å². The summed E-state index contributed by atoms with van der Waals surface area (Å²) < 4.78 is 11.6. The van der Waals surface area contributed by atoms with Gasteiger partial charge in [-0.1, -0.05) is 25.7 Å². The molecule has 0 aliphatic carbocycles. The van der Waals surface area contributed by atoms with Crippen LogP contribution < -0.4 is 4.74 Å². The molecule has 2 amide bonds. The summed E-state index contributed by atoms with van der Waals surface area (Å²) in [5, 5.41) is 9.81. The van der Waals surface area contributed by atoms with Gasteiger partial charge in [-0.2, -0.15) is 0 Å². The molecule has 0 radical (unpaired) electrons. The Hall–Kier alpha value is -2.67. The molecule has 3 atom stereocenters. The predicted molar refractivity (Wildman–Crippen MR) is 132 cm³/mol. The monoisotopic (exact) mass is 486 g/mol. The van der Waals surface area contributed by atoms with Crippen molar-refractivity contribution in [1.82, 2.24) is 19.7 Å². The smallest absolute Gasteiger partial charge is 0.259 e. The Morgan fingerprint density at radius 2 is 2.11 bits per heavy atom. The van der Waals surface area contributed by atoms with Crippen molar-refractivity contribution in [2.24, 2.45) is 5.92 Å². The molecule has 2 aliphatic rings. The van der Waals surface area contributed by atoms with Crippen molar-refractivity contribution in [2.75, 3.05) is 59.6 Å². The van der Waals surface area contributed by atoms with Crippen molar-refractivity contribution < 1.29 is 24.2 Å². The number of aliphatic hydroxyl groups is 1. The molecule has 2 aliphatic heterocycles. The second-order valence-electron chi connectivity index (χ2n) is 9.41. The second-order valence-corrected chi connectivity index (χ2v) is 9.41. The van der Waals surface area contributed by atoms with Crippen LogP contribution in [0.25, 0.3) is 0 Å². The van der Waals surface area contributed by atoms with Gasteiger partial charge in [-0.25, -0.2) is 4.98 Å². The number of amides is 2. The van der Waals surface area contributed by atoms with Crippen LogP contribution in [0.2, 0.25) is 0 Å². The minimum absolute atomic E-state index is 0.0103. The van der Waals surface area contributed by atoms with Gasteiger partial charge in [-0.3, -0.25) is 14.5 Å². The maximum Gasteiger partial charge on any atom is 0.259 e. The number of rotatable bonds is 7. The number of nitrogens with zero attached hydrogens (tertiary/aromatic N) is 4. The first kappa shape index (κ1) is 26.9. The molecular weight excluding hydrogens is 448 g/mol. The first-order valence-electron chi connectivity index (χ1n) is 12.5. The van der Waals surface area contributed by atoms with Crippen LogP contribution in [0.4, 0.5) is 0 Å². The molecule has 1 saturated heterocycles. The highest BCUT2D eigenvalue weighted by Gasteiger charge is 2.34. The number of unbranched alkanes of at least 4 members (excludes halogenated alkanes) is 1. The largest absolute Gasteiger partial charge is 0.472 e. The van der Waals surface area contributed by atoms with Gasteiger partial charge in [0.05, 0.1) is 39.0 Å². The van der Waals surface area contributed by atoms with Crippen LogP contribution in [0.15, 0.2) is 12.3 Å². The number of aliphatic hydroxyl groups excluding tert-OH is 1. The lowest BCUT2D eigenvalue weighted by atomic mass is 10.00. The van der Waals surface area contributed by atoms with Gasteiger partial charge in [-0.05, 0) is 19.4 Å². The summed E-state index contributed by atoms with van der Waals surface area (Å²) in [6, 6.07) is 1.34. The fourth-order valence-electron chi connectivity index (χ4n) is 4.12. The summed E-state index contributed by atoms with van der Waals surface area (Å²) in [5.41, 5.74) is 0.974. The number of pyridine rings is 1. The molecule has 0 spiro atoms. The number of ether oxygens (including phenoxy) is 2. The van der Waals surface area contributed by atoms with E-state index in [0.29, 0.717) is 44.0 Å². The molecule has 0 unspecified atom stereocenters. The molecule has 1 N–H and O–H groups in total. The van der Waals surface area contributed by atoms with E-state index in [-0.39, 0.29) is 42.4 Å². The normalized spacial score (nSPS) is 21.6. The third kappa shape index (κ3) is 7.17. The van der Waals surface area contributed by atoms with E-state index in [4.69, 9.17) is 9.47 Å². The van der Waals surface area contributed by atoms with Gasteiger partial charge in [0.1, 0.15) is 11.7 Å². The minimum atomic E-state index is -0.376. The lowest BCUT2D eigenvalue weighted by molar-refractivity contribution is -0.133.